The minimum absolute atomic E-state index is 0.201. The molecule has 4 heterocycles. The van der Waals surface area contributed by atoms with Gasteiger partial charge < -0.3 is 14.5 Å². The van der Waals surface area contributed by atoms with Gasteiger partial charge in [0.2, 0.25) is 5.96 Å². The van der Waals surface area contributed by atoms with Gasteiger partial charge in [0.1, 0.15) is 12.3 Å². The summed E-state index contributed by atoms with van der Waals surface area (Å²) in [6, 6.07) is 78.6. The van der Waals surface area contributed by atoms with E-state index in [0.717, 1.165) is 78.1 Å². The largest absolute Gasteiger partial charge is 0.336 e. The lowest BCUT2D eigenvalue weighted by Gasteiger charge is -2.32. The molecule has 0 saturated carbocycles. The van der Waals surface area contributed by atoms with Crippen LogP contribution >= 0.6 is 0 Å². The number of para-hydroxylation sites is 4. The molecule has 0 aliphatic carbocycles. The summed E-state index contributed by atoms with van der Waals surface area (Å²) in [5, 5.41) is 14.8. The van der Waals surface area contributed by atoms with Gasteiger partial charge in [0.05, 0.1) is 38.8 Å². The minimum Gasteiger partial charge on any atom is -0.336 e. The smallest absolute Gasteiger partial charge is 0.206 e. The molecule has 2 N–H and O–H groups in total. The molecule has 3 aromatic heterocycles. The van der Waals surface area contributed by atoms with Gasteiger partial charge in [-0.25, -0.2) is 4.99 Å². The van der Waals surface area contributed by atoms with Crippen molar-refractivity contribution < 1.29 is 0 Å². The number of benzene rings is 9. The Morgan fingerprint density at radius 2 is 0.889 bits per heavy atom. The molecule has 0 spiro atoms. The molecule has 0 amide bonds. The zero-order chi connectivity index (χ0) is 41.4. The summed E-state index contributed by atoms with van der Waals surface area (Å²) in [6.45, 7) is 0. The van der Waals surface area contributed by atoms with Crippen LogP contribution in [0.1, 0.15) is 23.5 Å². The Morgan fingerprint density at radius 3 is 1.54 bits per heavy atom. The van der Waals surface area contributed by atoms with E-state index in [2.05, 4.69) is 243 Å². The standard InChI is InChI=1S/C57H40N6/c1-5-19-37(20-6-1)41-35-36-50-51(46-29-15-18-32-49(46)61(50)40-25-11-4-12-26-40)52(41)62-47-30-16-13-27-42(47)44-33-34-45-43-28-14-17-31-48(43)63(54(45)53(44)62)57-59-55(38-21-7-2-8-22-38)58-56(60-57)39-23-9-3-10-24-39/h1-36,55-56,58H,(H,59,60). The van der Waals surface area contributed by atoms with Crippen molar-refractivity contribution in [2.45, 2.75) is 12.3 Å². The molecule has 13 rings (SSSR count). The zero-order valence-electron chi connectivity index (χ0n) is 34.2. The number of hydrogen-bond acceptors (Lipinski definition) is 3. The Kier molecular flexibility index (Phi) is 8.01. The number of fused-ring (bicyclic) bond motifs is 10. The van der Waals surface area contributed by atoms with Crippen LogP contribution in [0, 0.1) is 0 Å². The van der Waals surface area contributed by atoms with Crippen molar-refractivity contribution in [1.29, 1.82) is 0 Å². The van der Waals surface area contributed by atoms with Gasteiger partial charge in [0.15, 0.2) is 0 Å². The molecular formula is C57H40N6. The summed E-state index contributed by atoms with van der Waals surface area (Å²) in [6.07, 6.45) is -0.496. The number of hydrogen-bond donors (Lipinski definition) is 2. The van der Waals surface area contributed by atoms with Gasteiger partial charge in [0, 0.05) is 43.6 Å². The highest BCUT2D eigenvalue weighted by atomic mass is 15.4. The van der Waals surface area contributed by atoms with E-state index >= 15 is 0 Å². The third-order valence-electron chi connectivity index (χ3n) is 12.9. The predicted molar refractivity (Wildman–Crippen MR) is 261 cm³/mol. The third kappa shape index (κ3) is 5.45. The van der Waals surface area contributed by atoms with Crippen LogP contribution in [0.4, 0.5) is 0 Å². The van der Waals surface area contributed by atoms with Crippen molar-refractivity contribution in [3.05, 3.63) is 230 Å². The average Bonchev–Trinajstić information content (AvgIpc) is 4.01. The summed E-state index contributed by atoms with van der Waals surface area (Å²) in [5.74, 6) is 0.786. The fraction of sp³-hybridized carbons (Fsp3) is 0.0351. The van der Waals surface area contributed by atoms with Crippen LogP contribution in [0.3, 0.4) is 0 Å². The second kappa shape index (κ2) is 14.2. The molecule has 2 atom stereocenters. The Labute approximate surface area is 363 Å². The van der Waals surface area contributed by atoms with Crippen LogP contribution in [0.15, 0.2) is 223 Å². The molecule has 6 heteroatoms. The zero-order valence-corrected chi connectivity index (χ0v) is 34.2. The fourth-order valence-corrected chi connectivity index (χ4v) is 10.2. The number of aliphatic imine (C=N–C) groups is 1. The van der Waals surface area contributed by atoms with E-state index in [1.165, 1.54) is 26.9 Å². The Balaban J connectivity index is 1.21. The molecule has 1 aliphatic rings. The summed E-state index contributed by atoms with van der Waals surface area (Å²) in [4.78, 5) is 5.57. The summed E-state index contributed by atoms with van der Waals surface area (Å²) in [5.41, 5.74) is 13.6. The third-order valence-corrected chi connectivity index (χ3v) is 12.9. The van der Waals surface area contributed by atoms with Crippen LogP contribution in [0.25, 0.3) is 87.9 Å². The van der Waals surface area contributed by atoms with E-state index in [1.54, 1.807) is 0 Å². The highest BCUT2D eigenvalue weighted by Crippen LogP contribution is 2.47. The van der Waals surface area contributed by atoms with Crippen LogP contribution in [-0.2, 0) is 0 Å². The van der Waals surface area contributed by atoms with Gasteiger partial charge in [-0.3, -0.25) is 9.88 Å². The lowest BCUT2D eigenvalue weighted by Crippen LogP contribution is -2.47. The van der Waals surface area contributed by atoms with E-state index in [4.69, 9.17) is 4.99 Å². The van der Waals surface area contributed by atoms with Gasteiger partial charge in [-0.1, -0.05) is 182 Å². The molecule has 0 fully saturated rings. The SMILES string of the molecule is c1ccc(-c2ccc3c(c2-n2c4ccccc4c4ccc5c6ccccc6n(C6=NC(c7ccccc7)NC(c7ccccc7)N6)c5c42)c2ccccc2n3-c2ccccc2)cc1. The predicted octanol–water partition coefficient (Wildman–Crippen LogP) is 13.5. The maximum atomic E-state index is 5.57. The van der Waals surface area contributed by atoms with Crippen molar-refractivity contribution in [1.82, 2.24) is 24.3 Å². The second-order valence-electron chi connectivity index (χ2n) is 16.4. The molecule has 6 nitrogen and oxygen atoms in total. The maximum Gasteiger partial charge on any atom is 0.206 e. The molecule has 63 heavy (non-hydrogen) atoms. The fourth-order valence-electron chi connectivity index (χ4n) is 10.2. The molecule has 9 aromatic carbocycles. The number of rotatable bonds is 5. The van der Waals surface area contributed by atoms with E-state index in [0.29, 0.717) is 0 Å². The Bertz CT molecular complexity index is 3730. The van der Waals surface area contributed by atoms with Crippen LogP contribution in [-0.4, -0.2) is 19.7 Å². The van der Waals surface area contributed by atoms with Crippen molar-refractivity contribution in [2.75, 3.05) is 0 Å². The minimum atomic E-state index is -0.295. The summed E-state index contributed by atoms with van der Waals surface area (Å²) < 4.78 is 7.38. The van der Waals surface area contributed by atoms with E-state index in [1.807, 2.05) is 0 Å². The first kappa shape index (κ1) is 35.6. The van der Waals surface area contributed by atoms with Crippen LogP contribution < -0.4 is 10.6 Å². The molecule has 0 saturated heterocycles. The molecule has 298 valence electrons. The molecular weight excluding hydrogens is 769 g/mol. The molecule has 2 unspecified atom stereocenters. The van der Waals surface area contributed by atoms with Crippen molar-refractivity contribution in [3.8, 4) is 22.5 Å². The van der Waals surface area contributed by atoms with Gasteiger partial charge >= 0.3 is 0 Å². The van der Waals surface area contributed by atoms with Gasteiger partial charge in [-0.2, -0.15) is 0 Å². The van der Waals surface area contributed by atoms with Crippen molar-refractivity contribution >= 4 is 71.4 Å². The van der Waals surface area contributed by atoms with Crippen molar-refractivity contribution in [2.24, 2.45) is 4.99 Å². The monoisotopic (exact) mass is 808 g/mol. The normalized spacial score (nSPS) is 15.5. The number of nitrogens with zero attached hydrogens (tertiary/aromatic N) is 4. The summed E-state index contributed by atoms with van der Waals surface area (Å²) in [7, 11) is 0. The Morgan fingerprint density at radius 1 is 0.381 bits per heavy atom. The first-order valence-electron chi connectivity index (χ1n) is 21.6. The van der Waals surface area contributed by atoms with E-state index < -0.39 is 0 Å². The summed E-state index contributed by atoms with van der Waals surface area (Å²) >= 11 is 0. The highest BCUT2D eigenvalue weighted by Gasteiger charge is 2.30. The van der Waals surface area contributed by atoms with Crippen LogP contribution in [0.5, 0.6) is 0 Å². The van der Waals surface area contributed by atoms with E-state index in [-0.39, 0.29) is 12.3 Å². The molecule has 0 bridgehead atoms. The molecule has 0 radical (unpaired) electrons. The lowest BCUT2D eigenvalue weighted by molar-refractivity contribution is 0.403. The second-order valence-corrected chi connectivity index (χ2v) is 16.4. The highest BCUT2D eigenvalue weighted by molar-refractivity contribution is 6.27. The lowest BCUT2D eigenvalue weighted by atomic mass is 9.99. The number of nitrogens with one attached hydrogen (secondary N) is 2. The van der Waals surface area contributed by atoms with E-state index in [9.17, 15) is 0 Å². The quantitative estimate of drug-likeness (QED) is 0.182. The van der Waals surface area contributed by atoms with Gasteiger partial charge in [-0.05, 0) is 53.1 Å². The van der Waals surface area contributed by atoms with Gasteiger partial charge in [0.25, 0.3) is 0 Å². The topological polar surface area (TPSA) is 51.2 Å². The van der Waals surface area contributed by atoms with Crippen molar-refractivity contribution in [3.63, 3.8) is 0 Å². The molecule has 12 aromatic rings. The first-order chi connectivity index (χ1) is 31.3. The molecule has 1 aliphatic heterocycles. The average molecular weight is 809 g/mol. The van der Waals surface area contributed by atoms with Crippen LogP contribution in [0.2, 0.25) is 0 Å². The van der Waals surface area contributed by atoms with Gasteiger partial charge in [-0.15, -0.1) is 0 Å². The Hall–Kier alpha value is -8.19. The number of aromatic nitrogens is 3. The first-order valence-corrected chi connectivity index (χ1v) is 21.6. The maximum absolute atomic E-state index is 5.57.